The number of nitrogens with two attached hydrogens (primary N) is 1. The highest BCUT2D eigenvalue weighted by Gasteiger charge is 2.36. The Hall–Kier alpha value is -1.98. The quantitative estimate of drug-likeness (QED) is 0.780. The number of hydrogen-bond acceptors (Lipinski definition) is 2. The maximum absolute atomic E-state index is 12.9. The van der Waals surface area contributed by atoms with E-state index in [9.17, 15) is 13.2 Å². The van der Waals surface area contributed by atoms with E-state index < -0.39 is 11.7 Å². The number of benzene rings is 1. The number of alkyl halides is 3. The number of nitrogen functional groups attached to an aromatic ring is 1. The molecule has 2 aromatic rings. The maximum Gasteiger partial charge on any atom is 0.420 e. The van der Waals surface area contributed by atoms with E-state index in [-0.39, 0.29) is 11.4 Å². The molecule has 0 amide bonds. The number of aryl methyl sites for hydroxylation is 1. The predicted molar refractivity (Wildman–Crippen MR) is 57.7 cm³/mol. The van der Waals surface area contributed by atoms with E-state index in [4.69, 9.17) is 5.73 Å². The maximum atomic E-state index is 12.9. The van der Waals surface area contributed by atoms with E-state index in [1.54, 1.807) is 6.92 Å². The Morgan fingerprint density at radius 2 is 2.00 bits per heavy atom. The van der Waals surface area contributed by atoms with Crippen LogP contribution in [0.2, 0.25) is 0 Å². The van der Waals surface area contributed by atoms with Crippen molar-refractivity contribution in [3.63, 3.8) is 0 Å². The van der Waals surface area contributed by atoms with Crippen molar-refractivity contribution >= 4 is 5.69 Å². The molecule has 3 nitrogen and oxygen atoms in total. The zero-order valence-electron chi connectivity index (χ0n) is 8.99. The molecule has 2 rings (SSSR count). The molecule has 0 aliphatic carbocycles. The summed E-state index contributed by atoms with van der Waals surface area (Å²) in [5, 5.41) is 0. The molecule has 1 aromatic heterocycles. The van der Waals surface area contributed by atoms with Gasteiger partial charge in [-0.3, -0.25) is 0 Å². The SMILES string of the molecule is Cc1cn(-c2cccc(N)c2C(F)(F)F)cn1. The summed E-state index contributed by atoms with van der Waals surface area (Å²) in [6.07, 6.45) is -1.64. The average Bonchev–Trinajstić information content (AvgIpc) is 2.62. The van der Waals surface area contributed by atoms with Gasteiger partial charge in [0.2, 0.25) is 0 Å². The van der Waals surface area contributed by atoms with E-state index in [2.05, 4.69) is 4.98 Å². The van der Waals surface area contributed by atoms with Crippen LogP contribution in [0.5, 0.6) is 0 Å². The largest absolute Gasteiger partial charge is 0.420 e. The Balaban J connectivity index is 2.66. The van der Waals surface area contributed by atoms with Crippen LogP contribution in [0.1, 0.15) is 11.3 Å². The molecule has 1 aromatic carbocycles. The summed E-state index contributed by atoms with van der Waals surface area (Å²) >= 11 is 0. The summed E-state index contributed by atoms with van der Waals surface area (Å²) in [5.41, 5.74) is 4.90. The van der Waals surface area contributed by atoms with Crippen LogP contribution in [-0.4, -0.2) is 9.55 Å². The van der Waals surface area contributed by atoms with E-state index in [0.717, 1.165) is 0 Å². The fourth-order valence-electron chi connectivity index (χ4n) is 1.63. The number of aromatic nitrogens is 2. The standard InChI is InChI=1S/C11H10F3N3/c1-7-5-17(6-16-7)9-4-2-3-8(15)10(9)11(12,13)14/h2-6H,15H2,1H3. The van der Waals surface area contributed by atoms with Gasteiger partial charge in [0.25, 0.3) is 0 Å². The Labute approximate surface area is 95.7 Å². The minimum absolute atomic E-state index is 0.0156. The molecule has 90 valence electrons. The van der Waals surface area contributed by atoms with Gasteiger partial charge in [-0.05, 0) is 19.1 Å². The van der Waals surface area contributed by atoms with Gasteiger partial charge in [0.05, 0.1) is 17.7 Å². The number of rotatable bonds is 1. The molecule has 1 heterocycles. The molecule has 0 atom stereocenters. The lowest BCUT2D eigenvalue weighted by Crippen LogP contribution is -2.13. The van der Waals surface area contributed by atoms with Crippen LogP contribution >= 0.6 is 0 Å². The minimum atomic E-state index is -4.49. The lowest BCUT2D eigenvalue weighted by molar-refractivity contribution is -0.136. The second-order valence-electron chi connectivity index (χ2n) is 3.66. The summed E-state index contributed by atoms with van der Waals surface area (Å²) < 4.78 is 40.0. The van der Waals surface area contributed by atoms with Crippen LogP contribution in [-0.2, 0) is 6.18 Å². The molecule has 0 saturated carbocycles. The molecule has 0 spiro atoms. The van der Waals surface area contributed by atoms with Gasteiger partial charge in [0, 0.05) is 11.9 Å². The molecular weight excluding hydrogens is 231 g/mol. The zero-order valence-corrected chi connectivity index (χ0v) is 8.99. The van der Waals surface area contributed by atoms with E-state index >= 15 is 0 Å². The van der Waals surface area contributed by atoms with Crippen molar-refractivity contribution in [3.05, 3.63) is 42.0 Å². The van der Waals surface area contributed by atoms with Gasteiger partial charge in [0.1, 0.15) is 5.56 Å². The van der Waals surface area contributed by atoms with Gasteiger partial charge in [-0.1, -0.05) is 6.07 Å². The normalized spacial score (nSPS) is 11.8. The Bertz CT molecular complexity index is 543. The molecule has 0 radical (unpaired) electrons. The third-order valence-corrected chi connectivity index (χ3v) is 2.35. The van der Waals surface area contributed by atoms with Crippen LogP contribution in [0, 0.1) is 6.92 Å². The molecule has 0 aliphatic heterocycles. The third kappa shape index (κ3) is 2.11. The number of imidazole rings is 1. The van der Waals surface area contributed by atoms with Crippen LogP contribution in [0.3, 0.4) is 0 Å². The van der Waals surface area contributed by atoms with Crippen molar-refractivity contribution in [3.8, 4) is 5.69 Å². The number of hydrogen-bond donors (Lipinski definition) is 1. The summed E-state index contributed by atoms with van der Waals surface area (Å²) in [4.78, 5) is 3.90. The monoisotopic (exact) mass is 241 g/mol. The van der Waals surface area contributed by atoms with E-state index in [1.807, 2.05) is 0 Å². The highest BCUT2D eigenvalue weighted by molar-refractivity contribution is 5.59. The number of nitrogens with zero attached hydrogens (tertiary/aromatic N) is 2. The minimum Gasteiger partial charge on any atom is -0.398 e. The highest BCUT2D eigenvalue weighted by Crippen LogP contribution is 2.37. The first-order chi connectivity index (χ1) is 7.89. The first kappa shape index (κ1) is 11.5. The average molecular weight is 241 g/mol. The Morgan fingerprint density at radius 1 is 1.29 bits per heavy atom. The predicted octanol–water partition coefficient (Wildman–Crippen LogP) is 2.78. The molecule has 6 heteroatoms. The summed E-state index contributed by atoms with van der Waals surface area (Å²) in [5.74, 6) is 0. The van der Waals surface area contributed by atoms with Gasteiger partial charge in [-0.15, -0.1) is 0 Å². The lowest BCUT2D eigenvalue weighted by atomic mass is 10.1. The molecule has 2 N–H and O–H groups in total. The molecule has 17 heavy (non-hydrogen) atoms. The van der Waals surface area contributed by atoms with Crippen LogP contribution in [0.15, 0.2) is 30.7 Å². The third-order valence-electron chi connectivity index (χ3n) is 2.35. The number of anilines is 1. The van der Waals surface area contributed by atoms with Crippen molar-refractivity contribution in [1.29, 1.82) is 0 Å². The van der Waals surface area contributed by atoms with Crippen molar-refractivity contribution in [1.82, 2.24) is 9.55 Å². The summed E-state index contributed by atoms with van der Waals surface area (Å²) in [6.45, 7) is 1.70. The van der Waals surface area contributed by atoms with Gasteiger partial charge < -0.3 is 10.3 Å². The molecule has 0 saturated heterocycles. The first-order valence-corrected chi connectivity index (χ1v) is 4.86. The van der Waals surface area contributed by atoms with E-state index in [0.29, 0.717) is 5.69 Å². The van der Waals surface area contributed by atoms with Crippen LogP contribution < -0.4 is 5.73 Å². The molecular formula is C11H10F3N3. The second kappa shape index (κ2) is 3.80. The van der Waals surface area contributed by atoms with Gasteiger partial charge in [0.15, 0.2) is 0 Å². The second-order valence-corrected chi connectivity index (χ2v) is 3.66. The number of halogens is 3. The highest BCUT2D eigenvalue weighted by atomic mass is 19.4. The van der Waals surface area contributed by atoms with Gasteiger partial charge in [-0.2, -0.15) is 13.2 Å². The molecule has 0 aliphatic rings. The van der Waals surface area contributed by atoms with E-state index in [1.165, 1.54) is 35.3 Å². The topological polar surface area (TPSA) is 43.8 Å². The fourth-order valence-corrected chi connectivity index (χ4v) is 1.63. The fraction of sp³-hybridized carbons (Fsp3) is 0.182. The van der Waals surface area contributed by atoms with Gasteiger partial charge >= 0.3 is 6.18 Å². The Morgan fingerprint density at radius 3 is 2.53 bits per heavy atom. The summed E-state index contributed by atoms with van der Waals surface area (Å²) in [6, 6.07) is 4.08. The van der Waals surface area contributed by atoms with Crippen LogP contribution in [0.25, 0.3) is 5.69 Å². The molecule has 0 unspecified atom stereocenters. The van der Waals surface area contributed by atoms with Gasteiger partial charge in [-0.25, -0.2) is 4.98 Å². The summed E-state index contributed by atoms with van der Waals surface area (Å²) in [7, 11) is 0. The van der Waals surface area contributed by atoms with Crippen molar-refractivity contribution in [2.45, 2.75) is 13.1 Å². The Kier molecular flexibility index (Phi) is 2.57. The van der Waals surface area contributed by atoms with Crippen molar-refractivity contribution in [2.75, 3.05) is 5.73 Å². The molecule has 0 fully saturated rings. The lowest BCUT2D eigenvalue weighted by Gasteiger charge is -2.15. The zero-order chi connectivity index (χ0) is 12.6. The molecule has 0 bridgehead atoms. The first-order valence-electron chi connectivity index (χ1n) is 4.86. The smallest absolute Gasteiger partial charge is 0.398 e. The van der Waals surface area contributed by atoms with Crippen molar-refractivity contribution in [2.24, 2.45) is 0 Å². The van der Waals surface area contributed by atoms with Crippen molar-refractivity contribution < 1.29 is 13.2 Å². The van der Waals surface area contributed by atoms with Crippen LogP contribution in [0.4, 0.5) is 18.9 Å².